The maximum atomic E-state index is 12.0. The minimum Gasteiger partial charge on any atom is -0.466 e. The van der Waals surface area contributed by atoms with Gasteiger partial charge in [-0.15, -0.1) is 0 Å². The van der Waals surface area contributed by atoms with Crippen molar-refractivity contribution in [3.05, 3.63) is 33.3 Å². The van der Waals surface area contributed by atoms with Crippen LogP contribution in [0.3, 0.4) is 0 Å². The molecular formula is C16H21BrClNO4. The summed E-state index contributed by atoms with van der Waals surface area (Å²) < 4.78 is 11.0. The number of hydrogen-bond acceptors (Lipinski definition) is 4. The number of rotatable bonds is 5. The van der Waals surface area contributed by atoms with Gasteiger partial charge < -0.3 is 14.8 Å². The van der Waals surface area contributed by atoms with E-state index in [9.17, 15) is 9.59 Å². The van der Waals surface area contributed by atoms with Gasteiger partial charge in [0.25, 0.3) is 0 Å². The molecule has 5 nitrogen and oxygen atoms in total. The molecule has 1 atom stereocenters. The van der Waals surface area contributed by atoms with E-state index in [0.29, 0.717) is 10.6 Å². The summed E-state index contributed by atoms with van der Waals surface area (Å²) in [6.45, 7) is 7.28. The first-order valence-electron chi connectivity index (χ1n) is 7.22. The summed E-state index contributed by atoms with van der Waals surface area (Å²) in [5.41, 5.74) is -0.0282. The molecule has 0 aliphatic rings. The van der Waals surface area contributed by atoms with Gasteiger partial charge in [0.15, 0.2) is 0 Å². The quantitative estimate of drug-likeness (QED) is 0.725. The van der Waals surface area contributed by atoms with E-state index in [1.807, 2.05) is 0 Å². The van der Waals surface area contributed by atoms with Gasteiger partial charge in [-0.25, -0.2) is 4.79 Å². The number of hydrogen-bond donors (Lipinski definition) is 1. The van der Waals surface area contributed by atoms with Crippen LogP contribution in [0.2, 0.25) is 5.02 Å². The molecule has 0 radical (unpaired) electrons. The zero-order valence-corrected chi connectivity index (χ0v) is 16.0. The number of ether oxygens (including phenoxy) is 2. The van der Waals surface area contributed by atoms with Crippen LogP contribution in [-0.2, 0) is 14.3 Å². The van der Waals surface area contributed by atoms with Gasteiger partial charge in [0.1, 0.15) is 5.60 Å². The molecule has 1 aromatic rings. The molecule has 0 heterocycles. The highest BCUT2D eigenvalue weighted by Gasteiger charge is 2.24. The van der Waals surface area contributed by atoms with Crippen LogP contribution in [0.15, 0.2) is 22.7 Å². The number of esters is 1. The van der Waals surface area contributed by atoms with E-state index < -0.39 is 23.7 Å². The monoisotopic (exact) mass is 405 g/mol. The van der Waals surface area contributed by atoms with Gasteiger partial charge >= 0.3 is 12.1 Å². The summed E-state index contributed by atoms with van der Waals surface area (Å²) >= 11 is 9.56. The zero-order chi connectivity index (χ0) is 17.6. The fraction of sp³-hybridized carbons (Fsp3) is 0.500. The third kappa shape index (κ3) is 7.22. The average Bonchev–Trinajstić information content (AvgIpc) is 2.39. The number of alkyl carbamates (subject to hydrolysis) is 1. The third-order valence-electron chi connectivity index (χ3n) is 2.70. The number of amides is 1. The smallest absolute Gasteiger partial charge is 0.408 e. The van der Waals surface area contributed by atoms with Crippen molar-refractivity contribution in [1.82, 2.24) is 5.32 Å². The molecule has 1 aromatic carbocycles. The Morgan fingerprint density at radius 2 is 2.00 bits per heavy atom. The van der Waals surface area contributed by atoms with Crippen molar-refractivity contribution in [2.75, 3.05) is 6.61 Å². The fourth-order valence-electron chi connectivity index (χ4n) is 1.86. The van der Waals surface area contributed by atoms with Crippen LogP contribution in [-0.4, -0.2) is 24.3 Å². The predicted molar refractivity (Wildman–Crippen MR) is 92.5 cm³/mol. The second-order valence-electron chi connectivity index (χ2n) is 5.87. The third-order valence-corrected chi connectivity index (χ3v) is 3.54. The van der Waals surface area contributed by atoms with Gasteiger partial charge in [0.2, 0.25) is 0 Å². The van der Waals surface area contributed by atoms with Crippen molar-refractivity contribution in [3.8, 4) is 0 Å². The summed E-state index contributed by atoms with van der Waals surface area (Å²) in [6.07, 6.45) is -0.661. The summed E-state index contributed by atoms with van der Waals surface area (Å²) in [4.78, 5) is 23.9. The van der Waals surface area contributed by atoms with Crippen LogP contribution < -0.4 is 5.32 Å². The van der Waals surface area contributed by atoms with Gasteiger partial charge in [-0.2, -0.15) is 0 Å². The highest BCUT2D eigenvalue weighted by Crippen LogP contribution is 2.29. The van der Waals surface area contributed by atoms with Crippen molar-refractivity contribution >= 4 is 39.6 Å². The first kappa shape index (κ1) is 19.8. The SMILES string of the molecule is CCOC(=O)C[C@H](NC(=O)OC(C)(C)C)c1cc(Br)ccc1Cl. The Morgan fingerprint density at radius 3 is 2.57 bits per heavy atom. The van der Waals surface area contributed by atoms with E-state index in [2.05, 4.69) is 21.2 Å². The van der Waals surface area contributed by atoms with Gasteiger partial charge in [0.05, 0.1) is 19.1 Å². The van der Waals surface area contributed by atoms with Gasteiger partial charge in [0, 0.05) is 9.50 Å². The minimum atomic E-state index is -0.645. The molecule has 0 aliphatic heterocycles. The Kier molecular flexibility index (Phi) is 7.35. The number of benzene rings is 1. The van der Waals surface area contributed by atoms with E-state index >= 15 is 0 Å². The second-order valence-corrected chi connectivity index (χ2v) is 7.20. The first-order chi connectivity index (χ1) is 10.6. The lowest BCUT2D eigenvalue weighted by Crippen LogP contribution is -2.36. The van der Waals surface area contributed by atoms with Crippen molar-refractivity contribution in [1.29, 1.82) is 0 Å². The van der Waals surface area contributed by atoms with Crippen molar-refractivity contribution < 1.29 is 19.1 Å². The fourth-order valence-corrected chi connectivity index (χ4v) is 2.48. The largest absolute Gasteiger partial charge is 0.466 e. The Labute approximate surface area is 149 Å². The molecule has 0 aromatic heterocycles. The molecular weight excluding hydrogens is 386 g/mol. The molecule has 1 N–H and O–H groups in total. The Balaban J connectivity index is 2.99. The standard InChI is InChI=1S/C16H21BrClNO4/c1-5-22-14(20)9-13(19-15(21)23-16(2,3)4)11-8-10(17)6-7-12(11)18/h6-8,13H,5,9H2,1-4H3,(H,19,21)/t13-/m0/s1. The summed E-state index contributed by atoms with van der Waals surface area (Å²) in [7, 11) is 0. The highest BCUT2D eigenvalue weighted by atomic mass is 79.9. The molecule has 0 spiro atoms. The van der Waals surface area contributed by atoms with Crippen LogP contribution in [0.5, 0.6) is 0 Å². The molecule has 0 aliphatic carbocycles. The van der Waals surface area contributed by atoms with E-state index in [1.54, 1.807) is 45.9 Å². The second kappa shape index (κ2) is 8.55. The van der Waals surface area contributed by atoms with Gasteiger partial charge in [-0.1, -0.05) is 27.5 Å². The maximum Gasteiger partial charge on any atom is 0.408 e. The zero-order valence-electron chi connectivity index (χ0n) is 13.6. The van der Waals surface area contributed by atoms with E-state index in [-0.39, 0.29) is 13.0 Å². The molecule has 0 fully saturated rings. The lowest BCUT2D eigenvalue weighted by molar-refractivity contribution is -0.143. The number of halogens is 2. The van der Waals surface area contributed by atoms with Gasteiger partial charge in [-0.3, -0.25) is 4.79 Å². The van der Waals surface area contributed by atoms with Crippen molar-refractivity contribution in [3.63, 3.8) is 0 Å². The molecule has 0 unspecified atom stereocenters. The van der Waals surface area contributed by atoms with Crippen LogP contribution in [0.4, 0.5) is 4.79 Å². The van der Waals surface area contributed by atoms with Crippen LogP contribution >= 0.6 is 27.5 Å². The van der Waals surface area contributed by atoms with Crippen molar-refractivity contribution in [2.45, 2.75) is 45.8 Å². The Hall–Kier alpha value is -1.27. The summed E-state index contributed by atoms with van der Waals surface area (Å²) in [6, 6.07) is 4.58. The molecule has 23 heavy (non-hydrogen) atoms. The van der Waals surface area contributed by atoms with Gasteiger partial charge in [-0.05, 0) is 51.5 Å². The highest BCUT2D eigenvalue weighted by molar-refractivity contribution is 9.10. The average molecular weight is 407 g/mol. The molecule has 0 bridgehead atoms. The molecule has 1 rings (SSSR count). The summed E-state index contributed by atoms with van der Waals surface area (Å²) in [5, 5.41) is 3.12. The van der Waals surface area contributed by atoms with E-state index in [0.717, 1.165) is 4.47 Å². The number of carbonyl (C=O) groups excluding carboxylic acids is 2. The molecule has 0 saturated carbocycles. The Morgan fingerprint density at radius 1 is 1.35 bits per heavy atom. The maximum absolute atomic E-state index is 12.0. The molecule has 0 saturated heterocycles. The number of carbonyl (C=O) groups is 2. The molecule has 7 heteroatoms. The van der Waals surface area contributed by atoms with Crippen molar-refractivity contribution in [2.24, 2.45) is 0 Å². The molecule has 1 amide bonds. The lowest BCUT2D eigenvalue weighted by atomic mass is 10.0. The van der Waals surface area contributed by atoms with Crippen LogP contribution in [0.1, 0.15) is 45.7 Å². The molecule has 128 valence electrons. The van der Waals surface area contributed by atoms with E-state index in [1.165, 1.54) is 0 Å². The number of nitrogens with one attached hydrogen (secondary N) is 1. The first-order valence-corrected chi connectivity index (χ1v) is 8.39. The predicted octanol–water partition coefficient (Wildman–Crippen LogP) is 4.62. The van der Waals surface area contributed by atoms with E-state index in [4.69, 9.17) is 21.1 Å². The lowest BCUT2D eigenvalue weighted by Gasteiger charge is -2.24. The minimum absolute atomic E-state index is 0.0384. The van der Waals surface area contributed by atoms with Crippen LogP contribution in [0, 0.1) is 0 Å². The van der Waals surface area contributed by atoms with Crippen LogP contribution in [0.25, 0.3) is 0 Å². The topological polar surface area (TPSA) is 64.6 Å². The summed E-state index contributed by atoms with van der Waals surface area (Å²) in [5.74, 6) is -0.426. The Bertz CT molecular complexity index is 572. The normalized spacial score (nSPS) is 12.4.